The Kier molecular flexibility index (Phi) is 2.70. The van der Waals surface area contributed by atoms with E-state index in [1.54, 1.807) is 7.11 Å². The molecule has 0 heterocycles. The topological polar surface area (TPSA) is 33.0 Å². The van der Waals surface area contributed by atoms with Crippen molar-refractivity contribution < 1.29 is 4.74 Å². The second-order valence-corrected chi connectivity index (χ2v) is 4.75. The zero-order valence-corrected chi connectivity index (χ0v) is 10.2. The summed E-state index contributed by atoms with van der Waals surface area (Å²) in [6, 6.07) is 8.27. The molecule has 0 N–H and O–H groups in total. The second kappa shape index (κ2) is 3.86. The Bertz CT molecular complexity index is 418. The summed E-state index contributed by atoms with van der Waals surface area (Å²) in [5, 5.41) is 9.24. The van der Waals surface area contributed by atoms with Crippen LogP contribution in [0.5, 0.6) is 5.75 Å². The maximum absolute atomic E-state index is 9.24. The van der Waals surface area contributed by atoms with E-state index in [1.807, 2.05) is 18.2 Å². The van der Waals surface area contributed by atoms with Crippen molar-refractivity contribution >= 4 is 15.9 Å². The van der Waals surface area contributed by atoms with Crippen LogP contribution >= 0.6 is 15.9 Å². The standard InChI is InChI=1S/C12H12BrNO/c1-15-9-3-4-10(11(13)7-9)12(8-14)5-2-6-12/h3-4,7H,2,5-6H2,1H3. The first kappa shape index (κ1) is 10.5. The second-order valence-electron chi connectivity index (χ2n) is 3.89. The van der Waals surface area contributed by atoms with Crippen LogP contribution in [0.25, 0.3) is 0 Å². The fourth-order valence-corrected chi connectivity index (χ4v) is 2.72. The predicted octanol–water partition coefficient (Wildman–Crippen LogP) is 3.40. The SMILES string of the molecule is COc1ccc(C2(C#N)CCC2)c(Br)c1. The monoisotopic (exact) mass is 265 g/mol. The van der Waals surface area contributed by atoms with E-state index in [4.69, 9.17) is 4.74 Å². The molecular weight excluding hydrogens is 254 g/mol. The van der Waals surface area contributed by atoms with Gasteiger partial charge in [-0.3, -0.25) is 0 Å². The predicted molar refractivity (Wildman–Crippen MR) is 61.8 cm³/mol. The Morgan fingerprint density at radius 2 is 2.20 bits per heavy atom. The van der Waals surface area contributed by atoms with Gasteiger partial charge >= 0.3 is 0 Å². The minimum atomic E-state index is -0.259. The van der Waals surface area contributed by atoms with Gasteiger partial charge in [0.2, 0.25) is 0 Å². The zero-order valence-electron chi connectivity index (χ0n) is 8.59. The van der Waals surface area contributed by atoms with Crippen LogP contribution in [0, 0.1) is 11.3 Å². The molecule has 0 saturated heterocycles. The molecule has 1 aliphatic rings. The van der Waals surface area contributed by atoms with Crippen LogP contribution in [0.4, 0.5) is 0 Å². The average molecular weight is 266 g/mol. The number of ether oxygens (including phenoxy) is 1. The Morgan fingerprint density at radius 1 is 1.47 bits per heavy atom. The highest BCUT2D eigenvalue weighted by atomic mass is 79.9. The van der Waals surface area contributed by atoms with Crippen molar-refractivity contribution in [3.8, 4) is 11.8 Å². The van der Waals surface area contributed by atoms with Gasteiger partial charge in [0.05, 0.1) is 18.6 Å². The lowest BCUT2D eigenvalue weighted by atomic mass is 9.65. The van der Waals surface area contributed by atoms with Crippen molar-refractivity contribution in [3.05, 3.63) is 28.2 Å². The molecular formula is C12H12BrNO. The summed E-state index contributed by atoms with van der Waals surface area (Å²) in [6.07, 6.45) is 3.08. The van der Waals surface area contributed by atoms with Crippen molar-refractivity contribution in [3.63, 3.8) is 0 Å². The Balaban J connectivity index is 2.41. The third kappa shape index (κ3) is 1.63. The summed E-state index contributed by atoms with van der Waals surface area (Å²) in [7, 11) is 1.64. The Hall–Kier alpha value is -1.01. The molecule has 0 unspecified atom stereocenters. The summed E-state index contributed by atoms with van der Waals surface area (Å²) in [6.45, 7) is 0. The molecule has 1 saturated carbocycles. The van der Waals surface area contributed by atoms with E-state index in [-0.39, 0.29) is 5.41 Å². The lowest BCUT2D eigenvalue weighted by Crippen LogP contribution is -2.32. The number of rotatable bonds is 2. The van der Waals surface area contributed by atoms with Crippen LogP contribution < -0.4 is 4.74 Å². The van der Waals surface area contributed by atoms with Crippen LogP contribution in [0.2, 0.25) is 0 Å². The normalized spacial score (nSPS) is 17.7. The third-order valence-corrected chi connectivity index (χ3v) is 3.77. The van der Waals surface area contributed by atoms with E-state index in [0.29, 0.717) is 0 Å². The lowest BCUT2D eigenvalue weighted by Gasteiger charge is -2.36. The molecule has 1 aromatic carbocycles. The minimum absolute atomic E-state index is 0.259. The maximum atomic E-state index is 9.24. The number of nitrogens with zero attached hydrogens (tertiary/aromatic N) is 1. The number of halogens is 1. The number of methoxy groups -OCH3 is 1. The molecule has 1 fully saturated rings. The maximum Gasteiger partial charge on any atom is 0.120 e. The van der Waals surface area contributed by atoms with E-state index in [2.05, 4.69) is 22.0 Å². The highest BCUT2D eigenvalue weighted by Gasteiger charge is 2.40. The van der Waals surface area contributed by atoms with Crippen molar-refractivity contribution in [2.45, 2.75) is 24.7 Å². The fourth-order valence-electron chi connectivity index (χ4n) is 1.98. The van der Waals surface area contributed by atoms with Gasteiger partial charge in [0.25, 0.3) is 0 Å². The van der Waals surface area contributed by atoms with Gasteiger partial charge in [-0.25, -0.2) is 0 Å². The number of hydrogen-bond donors (Lipinski definition) is 0. The number of benzene rings is 1. The van der Waals surface area contributed by atoms with Crippen LogP contribution in [-0.2, 0) is 5.41 Å². The molecule has 0 radical (unpaired) electrons. The van der Waals surface area contributed by atoms with Gasteiger partial charge < -0.3 is 4.74 Å². The number of nitriles is 1. The largest absolute Gasteiger partial charge is 0.497 e. The summed E-state index contributed by atoms with van der Waals surface area (Å²) in [4.78, 5) is 0. The van der Waals surface area contributed by atoms with E-state index in [0.717, 1.165) is 35.0 Å². The zero-order chi connectivity index (χ0) is 10.9. The highest BCUT2D eigenvalue weighted by Crippen LogP contribution is 2.46. The van der Waals surface area contributed by atoms with Gasteiger partial charge in [0.1, 0.15) is 5.75 Å². The highest BCUT2D eigenvalue weighted by molar-refractivity contribution is 9.10. The fraction of sp³-hybridized carbons (Fsp3) is 0.417. The molecule has 3 heteroatoms. The van der Waals surface area contributed by atoms with Crippen LogP contribution in [0.3, 0.4) is 0 Å². The molecule has 0 aliphatic heterocycles. The molecule has 2 rings (SSSR count). The third-order valence-electron chi connectivity index (χ3n) is 3.11. The van der Waals surface area contributed by atoms with Crippen molar-refractivity contribution in [1.82, 2.24) is 0 Å². The molecule has 0 aromatic heterocycles. The summed E-state index contributed by atoms with van der Waals surface area (Å²) >= 11 is 3.51. The molecule has 1 aromatic rings. The summed E-state index contributed by atoms with van der Waals surface area (Å²) in [5.74, 6) is 0.818. The first-order valence-corrected chi connectivity index (χ1v) is 5.76. The van der Waals surface area contributed by atoms with Crippen molar-refractivity contribution in [2.24, 2.45) is 0 Å². The van der Waals surface area contributed by atoms with Gasteiger partial charge in [-0.2, -0.15) is 5.26 Å². The van der Waals surface area contributed by atoms with E-state index in [9.17, 15) is 5.26 Å². The molecule has 2 nitrogen and oxygen atoms in total. The van der Waals surface area contributed by atoms with E-state index < -0.39 is 0 Å². The van der Waals surface area contributed by atoms with Crippen molar-refractivity contribution in [2.75, 3.05) is 7.11 Å². The van der Waals surface area contributed by atoms with Gasteiger partial charge in [0, 0.05) is 4.47 Å². The van der Waals surface area contributed by atoms with Gasteiger partial charge in [-0.05, 0) is 37.0 Å². The van der Waals surface area contributed by atoms with Crippen molar-refractivity contribution in [1.29, 1.82) is 5.26 Å². The summed E-state index contributed by atoms with van der Waals surface area (Å²) < 4.78 is 6.11. The molecule has 0 bridgehead atoms. The molecule has 1 aliphatic carbocycles. The number of hydrogen-bond acceptors (Lipinski definition) is 2. The molecule has 78 valence electrons. The Labute approximate surface area is 98.0 Å². The van der Waals surface area contributed by atoms with E-state index in [1.165, 1.54) is 0 Å². The van der Waals surface area contributed by atoms with Crippen LogP contribution in [0.15, 0.2) is 22.7 Å². The summed E-state index contributed by atoms with van der Waals surface area (Å²) in [5.41, 5.74) is 0.836. The molecule has 15 heavy (non-hydrogen) atoms. The van der Waals surface area contributed by atoms with Gasteiger partial charge in [0.15, 0.2) is 0 Å². The lowest BCUT2D eigenvalue weighted by molar-refractivity contribution is 0.322. The first-order chi connectivity index (χ1) is 7.22. The first-order valence-electron chi connectivity index (χ1n) is 4.97. The van der Waals surface area contributed by atoms with Crippen LogP contribution in [0.1, 0.15) is 24.8 Å². The van der Waals surface area contributed by atoms with Gasteiger partial charge in [-0.1, -0.05) is 22.0 Å². The van der Waals surface area contributed by atoms with Crippen LogP contribution in [-0.4, -0.2) is 7.11 Å². The average Bonchev–Trinajstić information content (AvgIpc) is 2.19. The molecule has 0 amide bonds. The van der Waals surface area contributed by atoms with E-state index >= 15 is 0 Å². The minimum Gasteiger partial charge on any atom is -0.497 e. The van der Waals surface area contributed by atoms with Gasteiger partial charge in [-0.15, -0.1) is 0 Å². The molecule has 0 spiro atoms. The smallest absolute Gasteiger partial charge is 0.120 e. The molecule has 0 atom stereocenters. The quantitative estimate of drug-likeness (QED) is 0.821. The Morgan fingerprint density at radius 3 is 2.60 bits per heavy atom.